The van der Waals surface area contributed by atoms with Gasteiger partial charge in [-0.25, -0.2) is 0 Å². The number of nitrogens with one attached hydrogen (secondary N) is 2. The van der Waals surface area contributed by atoms with Crippen molar-refractivity contribution in [1.29, 1.82) is 0 Å². The quantitative estimate of drug-likeness (QED) is 0.378. The molecule has 0 amide bonds. The van der Waals surface area contributed by atoms with Gasteiger partial charge in [-0.05, 0) is 73.2 Å². The minimum Gasteiger partial charge on any atom is -0.355 e. The second-order valence-corrected chi connectivity index (χ2v) is 7.36. The molecular formula is C26H32N2. The van der Waals surface area contributed by atoms with Crippen molar-refractivity contribution in [3.05, 3.63) is 83.9 Å². The first kappa shape index (κ1) is 20.0. The lowest BCUT2D eigenvalue weighted by Gasteiger charge is -2.19. The van der Waals surface area contributed by atoms with Gasteiger partial charge in [0, 0.05) is 22.7 Å². The van der Waals surface area contributed by atoms with Crippen molar-refractivity contribution >= 4 is 22.7 Å². The highest BCUT2D eigenvalue weighted by molar-refractivity contribution is 5.72. The smallest absolute Gasteiger partial charge is 0.0421 e. The van der Waals surface area contributed by atoms with Crippen LogP contribution in [0.4, 0.5) is 22.7 Å². The molecule has 0 radical (unpaired) electrons. The van der Waals surface area contributed by atoms with E-state index in [1.54, 1.807) is 0 Å². The number of hydrogen-bond acceptors (Lipinski definition) is 2. The summed E-state index contributed by atoms with van der Waals surface area (Å²) in [4.78, 5) is 0. The van der Waals surface area contributed by atoms with Gasteiger partial charge in [0.2, 0.25) is 0 Å². The minimum atomic E-state index is 1.09. The van der Waals surface area contributed by atoms with Gasteiger partial charge in [-0.1, -0.05) is 63.1 Å². The highest BCUT2D eigenvalue weighted by atomic mass is 14.9. The van der Waals surface area contributed by atoms with Gasteiger partial charge >= 0.3 is 0 Å². The zero-order chi connectivity index (χ0) is 19.6. The second kappa shape index (κ2) is 10.6. The Morgan fingerprint density at radius 1 is 0.571 bits per heavy atom. The van der Waals surface area contributed by atoms with E-state index in [1.807, 2.05) is 0 Å². The van der Waals surface area contributed by atoms with Crippen molar-refractivity contribution in [2.24, 2.45) is 0 Å². The fraction of sp³-hybridized carbons (Fsp3) is 0.308. The molecule has 0 spiro atoms. The summed E-state index contributed by atoms with van der Waals surface area (Å²) in [7, 11) is 0. The predicted octanol–water partition coefficient (Wildman–Crippen LogP) is 7.86. The third-order valence-electron chi connectivity index (χ3n) is 5.03. The minimum absolute atomic E-state index is 1.09. The van der Waals surface area contributed by atoms with Crippen molar-refractivity contribution in [2.45, 2.75) is 52.4 Å². The van der Waals surface area contributed by atoms with Gasteiger partial charge in [-0.2, -0.15) is 0 Å². The zero-order valence-electron chi connectivity index (χ0n) is 17.2. The maximum atomic E-state index is 3.66. The SMILES string of the molecule is CCCCc1cc(Nc2ccccc2)c(CCCC)cc1Nc1ccccc1. The molecule has 2 N–H and O–H groups in total. The molecular weight excluding hydrogens is 340 g/mol. The monoisotopic (exact) mass is 372 g/mol. The molecule has 146 valence electrons. The fourth-order valence-electron chi connectivity index (χ4n) is 3.42. The highest BCUT2D eigenvalue weighted by Gasteiger charge is 2.11. The molecule has 0 bridgehead atoms. The highest BCUT2D eigenvalue weighted by Crippen LogP contribution is 2.32. The van der Waals surface area contributed by atoms with Crippen molar-refractivity contribution in [1.82, 2.24) is 0 Å². The van der Waals surface area contributed by atoms with Crippen LogP contribution in [0.15, 0.2) is 72.8 Å². The summed E-state index contributed by atoms with van der Waals surface area (Å²) in [5.74, 6) is 0. The van der Waals surface area contributed by atoms with Crippen LogP contribution < -0.4 is 10.6 Å². The third kappa shape index (κ3) is 5.63. The van der Waals surface area contributed by atoms with Gasteiger partial charge in [0.15, 0.2) is 0 Å². The van der Waals surface area contributed by atoms with Gasteiger partial charge < -0.3 is 10.6 Å². The maximum absolute atomic E-state index is 3.66. The number of anilines is 4. The van der Waals surface area contributed by atoms with Crippen molar-refractivity contribution < 1.29 is 0 Å². The first-order chi connectivity index (χ1) is 13.8. The molecule has 0 fully saturated rings. The molecule has 0 aliphatic carbocycles. The molecule has 2 nitrogen and oxygen atoms in total. The van der Waals surface area contributed by atoms with E-state index in [1.165, 1.54) is 48.2 Å². The Kier molecular flexibility index (Phi) is 7.54. The van der Waals surface area contributed by atoms with Gasteiger partial charge in [0.05, 0.1) is 0 Å². The normalized spacial score (nSPS) is 10.6. The molecule has 0 aromatic heterocycles. The standard InChI is InChI=1S/C26H32N2/c1-3-5-13-21-19-26(28-24-17-11-8-12-18-24)22(14-6-4-2)20-25(21)27-23-15-9-7-10-16-23/h7-12,15-20,27-28H,3-6,13-14H2,1-2H3. The van der Waals surface area contributed by atoms with Gasteiger partial charge in [-0.3, -0.25) is 0 Å². The average molecular weight is 373 g/mol. The summed E-state index contributed by atoms with van der Waals surface area (Å²) in [6, 6.07) is 25.7. The molecule has 3 rings (SSSR count). The summed E-state index contributed by atoms with van der Waals surface area (Å²) in [5, 5.41) is 7.32. The number of hydrogen-bond donors (Lipinski definition) is 2. The van der Waals surface area contributed by atoms with Gasteiger partial charge in [0.25, 0.3) is 0 Å². The van der Waals surface area contributed by atoms with Crippen molar-refractivity contribution in [2.75, 3.05) is 10.6 Å². The molecule has 0 aliphatic rings. The Hall–Kier alpha value is -2.74. The van der Waals surface area contributed by atoms with E-state index in [4.69, 9.17) is 0 Å². The van der Waals surface area contributed by atoms with E-state index >= 15 is 0 Å². The molecule has 0 unspecified atom stereocenters. The summed E-state index contributed by atoms with van der Waals surface area (Å²) < 4.78 is 0. The number of benzene rings is 3. The van der Waals surface area contributed by atoms with Crippen molar-refractivity contribution in [3.8, 4) is 0 Å². The first-order valence-corrected chi connectivity index (χ1v) is 10.6. The van der Waals surface area contributed by atoms with E-state index in [0.29, 0.717) is 0 Å². The molecule has 0 atom stereocenters. The van der Waals surface area contributed by atoms with E-state index in [2.05, 4.69) is 97.3 Å². The number of para-hydroxylation sites is 2. The van der Waals surface area contributed by atoms with Crippen LogP contribution in [0.1, 0.15) is 50.7 Å². The number of aryl methyl sites for hydroxylation is 2. The molecule has 0 saturated carbocycles. The lowest BCUT2D eigenvalue weighted by molar-refractivity contribution is 0.788. The fourth-order valence-corrected chi connectivity index (χ4v) is 3.42. The molecule has 0 heterocycles. The van der Waals surface area contributed by atoms with Crippen LogP contribution >= 0.6 is 0 Å². The zero-order valence-corrected chi connectivity index (χ0v) is 17.2. The van der Waals surface area contributed by atoms with Crippen LogP contribution in [0, 0.1) is 0 Å². The Labute approximate surface area is 170 Å². The number of rotatable bonds is 10. The van der Waals surface area contributed by atoms with Gasteiger partial charge in [-0.15, -0.1) is 0 Å². The molecule has 2 heteroatoms. The summed E-state index contributed by atoms with van der Waals surface area (Å²) in [6.07, 6.45) is 6.96. The summed E-state index contributed by atoms with van der Waals surface area (Å²) in [5.41, 5.74) is 7.53. The largest absolute Gasteiger partial charge is 0.355 e. The maximum Gasteiger partial charge on any atom is 0.0421 e. The number of unbranched alkanes of at least 4 members (excludes halogenated alkanes) is 2. The van der Waals surface area contributed by atoms with E-state index in [-0.39, 0.29) is 0 Å². The second-order valence-electron chi connectivity index (χ2n) is 7.36. The topological polar surface area (TPSA) is 24.1 Å². The van der Waals surface area contributed by atoms with Crippen LogP contribution in [0.5, 0.6) is 0 Å². The van der Waals surface area contributed by atoms with Crippen LogP contribution in [-0.2, 0) is 12.8 Å². The third-order valence-corrected chi connectivity index (χ3v) is 5.03. The molecule has 28 heavy (non-hydrogen) atoms. The van der Waals surface area contributed by atoms with Gasteiger partial charge in [0.1, 0.15) is 0 Å². The Bertz CT molecular complexity index is 768. The van der Waals surface area contributed by atoms with Crippen LogP contribution in [0.3, 0.4) is 0 Å². The summed E-state index contributed by atoms with van der Waals surface area (Å²) >= 11 is 0. The average Bonchev–Trinajstić information content (AvgIpc) is 2.74. The van der Waals surface area contributed by atoms with E-state index in [0.717, 1.165) is 24.2 Å². The summed E-state index contributed by atoms with van der Waals surface area (Å²) in [6.45, 7) is 4.51. The Morgan fingerprint density at radius 2 is 0.964 bits per heavy atom. The molecule has 3 aromatic rings. The lowest BCUT2D eigenvalue weighted by atomic mass is 9.98. The predicted molar refractivity (Wildman–Crippen MR) is 123 cm³/mol. The van der Waals surface area contributed by atoms with E-state index in [9.17, 15) is 0 Å². The van der Waals surface area contributed by atoms with Crippen LogP contribution in [0.2, 0.25) is 0 Å². The van der Waals surface area contributed by atoms with E-state index < -0.39 is 0 Å². The Balaban J connectivity index is 1.97. The lowest BCUT2D eigenvalue weighted by Crippen LogP contribution is -2.03. The van der Waals surface area contributed by atoms with Crippen LogP contribution in [-0.4, -0.2) is 0 Å². The van der Waals surface area contributed by atoms with Crippen molar-refractivity contribution in [3.63, 3.8) is 0 Å². The first-order valence-electron chi connectivity index (χ1n) is 10.6. The Morgan fingerprint density at radius 3 is 1.32 bits per heavy atom. The molecule has 0 saturated heterocycles. The van der Waals surface area contributed by atoms with Crippen LogP contribution in [0.25, 0.3) is 0 Å². The molecule has 0 aliphatic heterocycles. The molecule has 3 aromatic carbocycles.